The summed E-state index contributed by atoms with van der Waals surface area (Å²) in [7, 11) is 0. The first-order valence-electron chi connectivity index (χ1n) is 6.70. The van der Waals surface area contributed by atoms with Crippen LogP contribution in [-0.2, 0) is 9.59 Å². The second kappa shape index (κ2) is 7.48. The molecule has 1 atom stereocenters. The summed E-state index contributed by atoms with van der Waals surface area (Å²) >= 11 is 0. The Morgan fingerprint density at radius 1 is 1.40 bits per heavy atom. The van der Waals surface area contributed by atoms with E-state index in [1.165, 1.54) is 11.0 Å². The first-order chi connectivity index (χ1) is 9.43. The van der Waals surface area contributed by atoms with E-state index in [0.29, 0.717) is 6.54 Å². The van der Waals surface area contributed by atoms with Crippen molar-refractivity contribution in [3.8, 4) is 0 Å². The van der Waals surface area contributed by atoms with Gasteiger partial charge in [-0.05, 0) is 25.5 Å². The number of rotatable bonds is 6. The number of hydrogen-bond acceptors (Lipinski definition) is 2. The van der Waals surface area contributed by atoms with Crippen LogP contribution in [-0.4, -0.2) is 35.0 Å². The zero-order valence-corrected chi connectivity index (χ0v) is 12.2. The second-order valence-electron chi connectivity index (χ2n) is 4.86. The highest BCUT2D eigenvalue weighted by Crippen LogP contribution is 2.07. The van der Waals surface area contributed by atoms with E-state index in [4.69, 9.17) is 5.11 Å². The number of carboxylic acids is 1. The Kier molecular flexibility index (Phi) is 5.97. The second-order valence-corrected chi connectivity index (χ2v) is 4.86. The van der Waals surface area contributed by atoms with E-state index < -0.39 is 11.9 Å². The molecule has 1 rings (SSSR count). The molecule has 0 saturated carbocycles. The van der Waals surface area contributed by atoms with E-state index in [1.54, 1.807) is 13.0 Å². The number of benzene rings is 1. The molecule has 0 aliphatic carbocycles. The molecule has 0 aliphatic rings. The third kappa shape index (κ3) is 4.88. The highest BCUT2D eigenvalue weighted by Gasteiger charge is 2.17. The fraction of sp³-hybridized carbons (Fsp3) is 0.375. The van der Waals surface area contributed by atoms with Gasteiger partial charge in [0.05, 0.1) is 5.92 Å². The quantitative estimate of drug-likeness (QED) is 0.812. The number of nitrogens with zero attached hydrogens (tertiary/aromatic N) is 1. The van der Waals surface area contributed by atoms with Gasteiger partial charge in [0.15, 0.2) is 0 Å². The van der Waals surface area contributed by atoms with Gasteiger partial charge in [-0.2, -0.15) is 0 Å². The van der Waals surface area contributed by atoms with Crippen LogP contribution in [0.3, 0.4) is 0 Å². The van der Waals surface area contributed by atoms with Crippen molar-refractivity contribution in [3.05, 3.63) is 41.5 Å². The zero-order valence-electron chi connectivity index (χ0n) is 12.2. The van der Waals surface area contributed by atoms with E-state index in [0.717, 1.165) is 11.1 Å². The van der Waals surface area contributed by atoms with Crippen LogP contribution in [0.2, 0.25) is 0 Å². The summed E-state index contributed by atoms with van der Waals surface area (Å²) in [5.41, 5.74) is 2.09. The Hall–Kier alpha value is -2.10. The lowest BCUT2D eigenvalue weighted by atomic mass is 10.1. The molecule has 20 heavy (non-hydrogen) atoms. The molecule has 1 unspecified atom stereocenters. The standard InChI is InChI=1S/C16H21NO3/c1-4-17(11-13(3)16(19)20)15(18)9-8-14-7-5-6-12(2)10-14/h5-10,13H,4,11H2,1-3H3,(H,19,20). The van der Waals surface area contributed by atoms with Gasteiger partial charge in [0.2, 0.25) is 5.91 Å². The minimum absolute atomic E-state index is 0.165. The van der Waals surface area contributed by atoms with Crippen LogP contribution in [0, 0.1) is 12.8 Å². The number of carboxylic acid groups (broad SMARTS) is 1. The zero-order chi connectivity index (χ0) is 15.1. The van der Waals surface area contributed by atoms with E-state index in [9.17, 15) is 9.59 Å². The molecule has 4 nitrogen and oxygen atoms in total. The predicted octanol–water partition coefficient (Wildman–Crippen LogP) is 2.58. The van der Waals surface area contributed by atoms with Gasteiger partial charge in [0.1, 0.15) is 0 Å². The maximum Gasteiger partial charge on any atom is 0.308 e. The van der Waals surface area contributed by atoms with Crippen LogP contribution in [0.5, 0.6) is 0 Å². The maximum absolute atomic E-state index is 12.0. The Morgan fingerprint density at radius 3 is 2.65 bits per heavy atom. The summed E-state index contributed by atoms with van der Waals surface area (Å²) in [6.45, 7) is 6.15. The van der Waals surface area contributed by atoms with E-state index >= 15 is 0 Å². The molecule has 0 aliphatic heterocycles. The minimum atomic E-state index is -0.890. The summed E-state index contributed by atoms with van der Waals surface area (Å²) in [6, 6.07) is 7.84. The molecule has 0 bridgehead atoms. The largest absolute Gasteiger partial charge is 0.481 e. The average molecular weight is 275 g/mol. The van der Waals surface area contributed by atoms with Gasteiger partial charge in [-0.3, -0.25) is 9.59 Å². The van der Waals surface area contributed by atoms with Crippen LogP contribution < -0.4 is 0 Å². The van der Waals surface area contributed by atoms with Crippen molar-refractivity contribution in [2.45, 2.75) is 20.8 Å². The number of aryl methyl sites for hydroxylation is 1. The molecule has 0 saturated heterocycles. The number of hydrogen-bond donors (Lipinski definition) is 1. The third-order valence-electron chi connectivity index (χ3n) is 3.07. The molecule has 1 amide bonds. The lowest BCUT2D eigenvalue weighted by molar-refractivity contribution is -0.142. The topological polar surface area (TPSA) is 57.6 Å². The fourth-order valence-electron chi connectivity index (χ4n) is 1.83. The van der Waals surface area contributed by atoms with Crippen molar-refractivity contribution in [3.63, 3.8) is 0 Å². The SMILES string of the molecule is CCN(CC(C)C(=O)O)C(=O)C=Cc1cccc(C)c1. The highest BCUT2D eigenvalue weighted by molar-refractivity contribution is 5.92. The Labute approximate surface area is 119 Å². The third-order valence-corrected chi connectivity index (χ3v) is 3.07. The first kappa shape index (κ1) is 16.0. The molecule has 0 heterocycles. The normalized spacial score (nSPS) is 12.3. The van der Waals surface area contributed by atoms with Crippen LogP contribution in [0.4, 0.5) is 0 Å². The van der Waals surface area contributed by atoms with Gasteiger partial charge in [0, 0.05) is 19.2 Å². The van der Waals surface area contributed by atoms with Crippen molar-refractivity contribution in [2.24, 2.45) is 5.92 Å². The van der Waals surface area contributed by atoms with Gasteiger partial charge in [-0.15, -0.1) is 0 Å². The van der Waals surface area contributed by atoms with Gasteiger partial charge in [-0.25, -0.2) is 0 Å². The molecule has 1 N–H and O–H groups in total. The molecule has 0 aromatic heterocycles. The molecular weight excluding hydrogens is 254 g/mol. The highest BCUT2D eigenvalue weighted by atomic mass is 16.4. The van der Waals surface area contributed by atoms with E-state index in [-0.39, 0.29) is 12.5 Å². The van der Waals surface area contributed by atoms with Gasteiger partial charge in [-0.1, -0.05) is 36.8 Å². The monoisotopic (exact) mass is 275 g/mol. The number of amides is 1. The summed E-state index contributed by atoms with van der Waals surface area (Å²) in [5.74, 6) is -1.62. The Morgan fingerprint density at radius 2 is 2.10 bits per heavy atom. The number of carbonyl (C=O) groups is 2. The van der Waals surface area contributed by atoms with Crippen LogP contribution in [0.1, 0.15) is 25.0 Å². The summed E-state index contributed by atoms with van der Waals surface area (Å²) < 4.78 is 0. The van der Waals surface area contributed by atoms with Gasteiger partial charge in [0.25, 0.3) is 0 Å². The lowest BCUT2D eigenvalue weighted by Gasteiger charge is -2.21. The number of carbonyl (C=O) groups excluding carboxylic acids is 1. The maximum atomic E-state index is 12.0. The summed E-state index contributed by atoms with van der Waals surface area (Å²) in [4.78, 5) is 24.4. The predicted molar refractivity (Wildman–Crippen MR) is 79.3 cm³/mol. The van der Waals surface area contributed by atoms with Crippen molar-refractivity contribution in [1.82, 2.24) is 4.90 Å². The van der Waals surface area contributed by atoms with E-state index in [2.05, 4.69) is 0 Å². The molecule has 0 fully saturated rings. The molecule has 0 spiro atoms. The first-order valence-corrected chi connectivity index (χ1v) is 6.70. The van der Waals surface area contributed by atoms with Crippen LogP contribution in [0.15, 0.2) is 30.3 Å². The number of aliphatic carboxylic acids is 1. The minimum Gasteiger partial charge on any atom is -0.481 e. The van der Waals surface area contributed by atoms with E-state index in [1.807, 2.05) is 38.1 Å². The molecule has 1 aromatic carbocycles. The lowest BCUT2D eigenvalue weighted by Crippen LogP contribution is -2.35. The molecule has 0 radical (unpaired) electrons. The molecule has 108 valence electrons. The van der Waals surface area contributed by atoms with Crippen LogP contribution in [0.25, 0.3) is 6.08 Å². The molecule has 4 heteroatoms. The smallest absolute Gasteiger partial charge is 0.308 e. The fourth-order valence-corrected chi connectivity index (χ4v) is 1.83. The van der Waals surface area contributed by atoms with Crippen molar-refractivity contribution in [2.75, 3.05) is 13.1 Å². The van der Waals surface area contributed by atoms with Crippen molar-refractivity contribution in [1.29, 1.82) is 0 Å². The summed E-state index contributed by atoms with van der Waals surface area (Å²) in [6.07, 6.45) is 3.25. The van der Waals surface area contributed by atoms with Gasteiger partial charge < -0.3 is 10.0 Å². The average Bonchev–Trinajstić information content (AvgIpc) is 2.41. The van der Waals surface area contributed by atoms with Gasteiger partial charge >= 0.3 is 5.97 Å². The van der Waals surface area contributed by atoms with Crippen LogP contribution >= 0.6 is 0 Å². The van der Waals surface area contributed by atoms with Crippen molar-refractivity contribution < 1.29 is 14.7 Å². The number of likely N-dealkylation sites (N-methyl/N-ethyl adjacent to an activating group) is 1. The Bertz CT molecular complexity index is 508. The Balaban J connectivity index is 2.70. The molecular formula is C16H21NO3. The molecule has 1 aromatic rings. The summed E-state index contributed by atoms with van der Waals surface area (Å²) in [5, 5.41) is 8.89. The van der Waals surface area contributed by atoms with Crippen molar-refractivity contribution >= 4 is 18.0 Å².